The number of nitrogens with one attached hydrogen (secondary N) is 1. The first kappa shape index (κ1) is 18.7. The van der Waals surface area contributed by atoms with Crippen molar-refractivity contribution in [2.24, 2.45) is 5.92 Å². The second-order valence-electron chi connectivity index (χ2n) is 7.14. The van der Waals surface area contributed by atoms with E-state index in [1.54, 1.807) is 12.1 Å². The summed E-state index contributed by atoms with van der Waals surface area (Å²) in [5.41, 5.74) is 0.635. The molecule has 5 nitrogen and oxygen atoms in total. The summed E-state index contributed by atoms with van der Waals surface area (Å²) in [4.78, 5) is 14.9. The number of carbonyl (C=O) groups excluding carboxylic acids is 1. The second kappa shape index (κ2) is 8.56. The molecule has 2 fully saturated rings. The zero-order valence-corrected chi connectivity index (χ0v) is 16.7. The number of halogens is 1. The number of rotatable bonds is 5. The normalized spacial score (nSPS) is 22.3. The molecule has 2 aliphatic rings. The first-order chi connectivity index (χ1) is 13.2. The molecule has 1 N–H and O–H groups in total. The number of aromatic nitrogens is 2. The molecule has 2 atom stereocenters. The Kier molecular flexibility index (Phi) is 5.92. The predicted octanol–water partition coefficient (Wildman–Crippen LogP) is 4.69. The second-order valence-corrected chi connectivity index (χ2v) is 9.34. The fraction of sp³-hybridized carbons (Fsp3) is 0.526. The maximum atomic E-state index is 13.3. The highest BCUT2D eigenvalue weighted by molar-refractivity contribution is 8.01. The average Bonchev–Trinajstić information content (AvgIpc) is 3.13. The summed E-state index contributed by atoms with van der Waals surface area (Å²) in [7, 11) is 0. The number of piperidine rings is 1. The van der Waals surface area contributed by atoms with Gasteiger partial charge in [0.05, 0.1) is 5.75 Å². The van der Waals surface area contributed by atoms with Crippen molar-refractivity contribution in [3.63, 3.8) is 0 Å². The van der Waals surface area contributed by atoms with Crippen LogP contribution in [0, 0.1) is 11.7 Å². The van der Waals surface area contributed by atoms with Gasteiger partial charge in [0.2, 0.25) is 11.0 Å². The molecular formula is C19H23FN4OS2. The van der Waals surface area contributed by atoms with Gasteiger partial charge in [-0.1, -0.05) is 42.0 Å². The average molecular weight is 407 g/mol. The lowest BCUT2D eigenvalue weighted by molar-refractivity contribution is -0.134. The predicted molar refractivity (Wildman–Crippen MR) is 107 cm³/mol. The first-order valence-corrected chi connectivity index (χ1v) is 11.3. The Labute approximate surface area is 166 Å². The molecule has 4 rings (SSSR count). The summed E-state index contributed by atoms with van der Waals surface area (Å²) < 4.78 is 14.0. The maximum Gasteiger partial charge on any atom is 0.233 e. The third-order valence-electron chi connectivity index (χ3n) is 5.37. The van der Waals surface area contributed by atoms with Crippen molar-refractivity contribution in [1.29, 1.82) is 0 Å². The van der Waals surface area contributed by atoms with E-state index in [1.165, 1.54) is 60.9 Å². The Balaban J connectivity index is 1.32. The standard InChI is InChI=1S/C19H23FN4OS2/c20-14-7-3-8-15(11-14)21-18-22-23-19(27-18)26-12-17(25)24-10-4-6-13-5-1-2-9-16(13)24/h3,7-8,11,13,16H,1-2,4-6,9-10,12H2,(H,21,22)/t13-,16+/m0/s1. The largest absolute Gasteiger partial charge is 0.339 e. The molecule has 1 aromatic heterocycles. The molecule has 0 spiro atoms. The van der Waals surface area contributed by atoms with Gasteiger partial charge in [0.15, 0.2) is 4.34 Å². The minimum absolute atomic E-state index is 0.214. The van der Waals surface area contributed by atoms with Crippen LogP contribution in [0.2, 0.25) is 0 Å². The molecule has 0 bridgehead atoms. The SMILES string of the molecule is O=C(CSc1nnc(Nc2cccc(F)c2)s1)N1CCC[C@@H]2CCCC[C@H]21. The van der Waals surface area contributed by atoms with E-state index in [4.69, 9.17) is 0 Å². The quantitative estimate of drug-likeness (QED) is 0.730. The third kappa shape index (κ3) is 4.60. The van der Waals surface area contributed by atoms with Crippen LogP contribution in [0.25, 0.3) is 0 Å². The lowest BCUT2D eigenvalue weighted by Gasteiger charge is -2.44. The summed E-state index contributed by atoms with van der Waals surface area (Å²) in [5, 5.41) is 11.9. The van der Waals surface area contributed by atoms with Gasteiger partial charge in [-0.05, 0) is 49.8 Å². The number of carbonyl (C=O) groups is 1. The Morgan fingerprint density at radius 2 is 2.11 bits per heavy atom. The summed E-state index contributed by atoms with van der Waals surface area (Å²) in [6.07, 6.45) is 7.37. The van der Waals surface area contributed by atoms with E-state index >= 15 is 0 Å². The highest BCUT2D eigenvalue weighted by Crippen LogP contribution is 2.36. The molecule has 8 heteroatoms. The number of fused-ring (bicyclic) bond motifs is 1. The van der Waals surface area contributed by atoms with Gasteiger partial charge >= 0.3 is 0 Å². The molecule has 1 saturated heterocycles. The van der Waals surface area contributed by atoms with Crippen molar-refractivity contribution in [3.8, 4) is 0 Å². The monoisotopic (exact) mass is 406 g/mol. The summed E-state index contributed by atoms with van der Waals surface area (Å²) in [5.74, 6) is 1.02. The fourth-order valence-electron chi connectivity index (χ4n) is 4.15. The van der Waals surface area contributed by atoms with Gasteiger partial charge in [-0.25, -0.2) is 4.39 Å². The van der Waals surface area contributed by atoms with E-state index in [-0.39, 0.29) is 11.7 Å². The van der Waals surface area contributed by atoms with Crippen molar-refractivity contribution in [2.45, 2.75) is 48.9 Å². The molecule has 0 unspecified atom stereocenters. The number of amides is 1. The molecule has 1 amide bonds. The third-order valence-corrected chi connectivity index (χ3v) is 7.32. The number of hydrogen-bond acceptors (Lipinski definition) is 6. The van der Waals surface area contributed by atoms with Crippen molar-refractivity contribution in [2.75, 3.05) is 17.6 Å². The number of benzene rings is 1. The Hall–Kier alpha value is -1.67. The van der Waals surface area contributed by atoms with E-state index in [0.29, 0.717) is 28.5 Å². The van der Waals surface area contributed by atoms with Crippen LogP contribution in [0.3, 0.4) is 0 Å². The van der Waals surface area contributed by atoms with Crippen LogP contribution in [0.1, 0.15) is 38.5 Å². The molecule has 2 aromatic rings. The minimum Gasteiger partial charge on any atom is -0.339 e. The van der Waals surface area contributed by atoms with E-state index < -0.39 is 0 Å². The number of hydrogen-bond donors (Lipinski definition) is 1. The van der Waals surface area contributed by atoms with Crippen LogP contribution in [-0.2, 0) is 4.79 Å². The van der Waals surface area contributed by atoms with Gasteiger partial charge < -0.3 is 10.2 Å². The highest BCUT2D eigenvalue weighted by atomic mass is 32.2. The molecular weight excluding hydrogens is 383 g/mol. The molecule has 1 aliphatic carbocycles. The molecule has 27 heavy (non-hydrogen) atoms. The lowest BCUT2D eigenvalue weighted by Crippen LogP contribution is -2.50. The molecule has 1 saturated carbocycles. The highest BCUT2D eigenvalue weighted by Gasteiger charge is 2.35. The fourth-order valence-corrected chi connectivity index (χ4v) is 5.81. The van der Waals surface area contributed by atoms with Crippen LogP contribution >= 0.6 is 23.1 Å². The lowest BCUT2D eigenvalue weighted by atomic mass is 9.78. The first-order valence-electron chi connectivity index (χ1n) is 9.47. The van der Waals surface area contributed by atoms with Gasteiger partial charge in [-0.2, -0.15) is 0 Å². The minimum atomic E-state index is -0.299. The van der Waals surface area contributed by atoms with Gasteiger partial charge in [-0.15, -0.1) is 10.2 Å². The van der Waals surface area contributed by atoms with Gasteiger partial charge in [0.25, 0.3) is 0 Å². The molecule has 2 heterocycles. The smallest absolute Gasteiger partial charge is 0.233 e. The van der Waals surface area contributed by atoms with Gasteiger partial charge in [0, 0.05) is 18.3 Å². The Morgan fingerprint density at radius 3 is 3.00 bits per heavy atom. The zero-order chi connectivity index (χ0) is 18.6. The number of likely N-dealkylation sites (tertiary alicyclic amines) is 1. The number of nitrogens with zero attached hydrogens (tertiary/aromatic N) is 3. The summed E-state index contributed by atoms with van der Waals surface area (Å²) in [6.45, 7) is 0.892. The molecule has 0 radical (unpaired) electrons. The molecule has 1 aromatic carbocycles. The molecule has 144 valence electrons. The van der Waals surface area contributed by atoms with E-state index in [0.717, 1.165) is 23.7 Å². The van der Waals surface area contributed by atoms with Crippen LogP contribution in [0.15, 0.2) is 28.6 Å². The Morgan fingerprint density at radius 1 is 1.26 bits per heavy atom. The van der Waals surface area contributed by atoms with E-state index in [1.807, 2.05) is 0 Å². The van der Waals surface area contributed by atoms with Gasteiger partial charge in [-0.3, -0.25) is 4.79 Å². The number of thioether (sulfide) groups is 1. The van der Waals surface area contributed by atoms with Crippen LogP contribution in [0.4, 0.5) is 15.2 Å². The number of anilines is 2. The van der Waals surface area contributed by atoms with Crippen LogP contribution in [0.5, 0.6) is 0 Å². The summed E-state index contributed by atoms with van der Waals surface area (Å²) >= 11 is 2.82. The topological polar surface area (TPSA) is 58.1 Å². The van der Waals surface area contributed by atoms with Crippen molar-refractivity contribution < 1.29 is 9.18 Å². The summed E-state index contributed by atoms with van der Waals surface area (Å²) in [6, 6.07) is 6.67. The van der Waals surface area contributed by atoms with Crippen LogP contribution in [-0.4, -0.2) is 39.3 Å². The van der Waals surface area contributed by atoms with Crippen molar-refractivity contribution in [3.05, 3.63) is 30.1 Å². The van der Waals surface area contributed by atoms with E-state index in [2.05, 4.69) is 20.4 Å². The molecule has 1 aliphatic heterocycles. The van der Waals surface area contributed by atoms with Gasteiger partial charge in [0.1, 0.15) is 5.82 Å². The maximum absolute atomic E-state index is 13.3. The van der Waals surface area contributed by atoms with Crippen molar-refractivity contribution >= 4 is 39.8 Å². The Bertz CT molecular complexity index is 798. The van der Waals surface area contributed by atoms with Crippen LogP contribution < -0.4 is 5.32 Å². The zero-order valence-electron chi connectivity index (χ0n) is 15.1. The van der Waals surface area contributed by atoms with Crippen molar-refractivity contribution in [1.82, 2.24) is 15.1 Å². The van der Waals surface area contributed by atoms with E-state index in [9.17, 15) is 9.18 Å².